The molecule has 28 heavy (non-hydrogen) atoms. The summed E-state index contributed by atoms with van der Waals surface area (Å²) in [5.41, 5.74) is 7.38. The summed E-state index contributed by atoms with van der Waals surface area (Å²) in [7, 11) is -0.975. The number of benzene rings is 1. The van der Waals surface area contributed by atoms with Crippen molar-refractivity contribution in [2.24, 2.45) is 0 Å². The predicted molar refractivity (Wildman–Crippen MR) is 105 cm³/mol. The summed E-state index contributed by atoms with van der Waals surface area (Å²) in [4.78, 5) is 4.31. The lowest BCUT2D eigenvalue weighted by Gasteiger charge is -2.21. The molecule has 2 heterocycles. The average molecular weight is 407 g/mol. The first-order valence-electron chi connectivity index (χ1n) is 8.44. The number of pyridine rings is 1. The number of fused-ring (bicyclic) bond motifs is 1. The topological polar surface area (TPSA) is 95.9 Å². The Bertz CT molecular complexity index is 1140. The second-order valence-corrected chi connectivity index (χ2v) is 9.95. The number of halogens is 1. The lowest BCUT2D eigenvalue weighted by molar-refractivity contribution is 0.389. The minimum Gasteiger partial charge on any atom is -0.495 e. The Labute approximate surface area is 162 Å². The molecule has 0 radical (unpaired) electrons. The molecular formula is C19H22FN3O4S. The molecule has 3 rings (SSSR count). The van der Waals surface area contributed by atoms with Crippen LogP contribution in [-0.2, 0) is 9.84 Å². The number of rotatable bonds is 4. The molecule has 0 aliphatic heterocycles. The molecule has 0 aliphatic carbocycles. The van der Waals surface area contributed by atoms with Crippen LogP contribution in [0.2, 0.25) is 0 Å². The average Bonchev–Trinajstić information content (AvgIpc) is 3.02. The fraction of sp³-hybridized carbons (Fsp3) is 0.316. The number of aromatic nitrogens is 2. The number of ether oxygens (including phenoxy) is 2. The minimum atomic E-state index is -3.71. The van der Waals surface area contributed by atoms with Gasteiger partial charge < -0.3 is 15.2 Å². The van der Waals surface area contributed by atoms with Crippen LogP contribution >= 0.6 is 0 Å². The number of sulfone groups is 1. The zero-order chi connectivity index (χ0) is 20.9. The highest BCUT2D eigenvalue weighted by molar-refractivity contribution is 7.92. The van der Waals surface area contributed by atoms with Crippen LogP contribution in [0.3, 0.4) is 0 Å². The van der Waals surface area contributed by atoms with E-state index in [1.807, 2.05) is 0 Å². The second kappa shape index (κ2) is 6.66. The Morgan fingerprint density at radius 2 is 1.82 bits per heavy atom. The van der Waals surface area contributed by atoms with Crippen LogP contribution in [0.15, 0.2) is 35.5 Å². The van der Waals surface area contributed by atoms with Crippen molar-refractivity contribution in [2.75, 3.05) is 20.0 Å². The van der Waals surface area contributed by atoms with E-state index in [0.29, 0.717) is 16.9 Å². The Morgan fingerprint density at radius 3 is 2.36 bits per heavy atom. The number of hydrogen-bond donors (Lipinski definition) is 1. The first kappa shape index (κ1) is 19.9. The lowest BCUT2D eigenvalue weighted by Crippen LogP contribution is -2.28. The number of nitrogens with zero attached hydrogens (tertiary/aromatic N) is 2. The summed E-state index contributed by atoms with van der Waals surface area (Å²) >= 11 is 0. The molecule has 0 amide bonds. The maximum Gasteiger partial charge on any atom is 0.188 e. The molecule has 150 valence electrons. The van der Waals surface area contributed by atoms with Crippen molar-refractivity contribution in [2.45, 2.75) is 30.4 Å². The summed E-state index contributed by atoms with van der Waals surface area (Å²) in [6.07, 6.45) is 2.96. The summed E-state index contributed by atoms with van der Waals surface area (Å²) in [6.45, 7) is 4.83. The third kappa shape index (κ3) is 3.05. The van der Waals surface area contributed by atoms with E-state index in [-0.39, 0.29) is 22.1 Å². The van der Waals surface area contributed by atoms with Crippen LogP contribution in [0.4, 0.5) is 10.1 Å². The fourth-order valence-electron chi connectivity index (χ4n) is 2.87. The van der Waals surface area contributed by atoms with Gasteiger partial charge in [0.05, 0.1) is 36.5 Å². The minimum absolute atomic E-state index is 0.0243. The van der Waals surface area contributed by atoms with Gasteiger partial charge >= 0.3 is 0 Å². The molecule has 0 saturated heterocycles. The molecule has 0 aliphatic rings. The van der Waals surface area contributed by atoms with Gasteiger partial charge in [-0.3, -0.25) is 4.40 Å². The van der Waals surface area contributed by atoms with Gasteiger partial charge in [0.2, 0.25) is 0 Å². The van der Waals surface area contributed by atoms with Crippen molar-refractivity contribution in [1.82, 2.24) is 9.38 Å². The van der Waals surface area contributed by atoms with Gasteiger partial charge in [0, 0.05) is 17.8 Å². The first-order chi connectivity index (χ1) is 13.0. The van der Waals surface area contributed by atoms with E-state index in [1.165, 1.54) is 38.7 Å². The molecule has 1 aromatic carbocycles. The SMILES string of the molecule is COc1cc2ncc(-c3cc(N)c(OC)c(F)c3)n2cc1S(=O)(=O)C(C)(C)C. The van der Waals surface area contributed by atoms with Gasteiger partial charge in [0.25, 0.3) is 0 Å². The van der Waals surface area contributed by atoms with Crippen molar-refractivity contribution in [3.05, 3.63) is 36.4 Å². The van der Waals surface area contributed by atoms with E-state index in [0.717, 1.165) is 0 Å². The Hall–Kier alpha value is -2.81. The molecule has 7 nitrogen and oxygen atoms in total. The summed E-state index contributed by atoms with van der Waals surface area (Å²) in [5, 5.41) is 0. The van der Waals surface area contributed by atoms with Crippen LogP contribution < -0.4 is 15.2 Å². The Morgan fingerprint density at radius 1 is 1.14 bits per heavy atom. The third-order valence-corrected chi connectivity index (χ3v) is 6.96. The van der Waals surface area contributed by atoms with Crippen molar-refractivity contribution >= 4 is 21.2 Å². The predicted octanol–water partition coefficient (Wildman–Crippen LogP) is 3.31. The van der Waals surface area contributed by atoms with Gasteiger partial charge in [0.15, 0.2) is 21.4 Å². The zero-order valence-electron chi connectivity index (χ0n) is 16.3. The van der Waals surface area contributed by atoms with Crippen molar-refractivity contribution in [3.8, 4) is 22.8 Å². The smallest absolute Gasteiger partial charge is 0.188 e. The van der Waals surface area contributed by atoms with E-state index in [9.17, 15) is 12.8 Å². The quantitative estimate of drug-likeness (QED) is 0.667. The molecule has 0 fully saturated rings. The zero-order valence-corrected chi connectivity index (χ0v) is 17.1. The Kier molecular flexibility index (Phi) is 4.74. The molecule has 0 saturated carbocycles. The highest BCUT2D eigenvalue weighted by Crippen LogP contribution is 2.36. The van der Waals surface area contributed by atoms with Gasteiger partial charge in [-0.1, -0.05) is 0 Å². The number of anilines is 1. The molecular weight excluding hydrogens is 385 g/mol. The van der Waals surface area contributed by atoms with Crippen LogP contribution in [0, 0.1) is 5.82 Å². The van der Waals surface area contributed by atoms with E-state index >= 15 is 0 Å². The molecule has 2 N–H and O–H groups in total. The van der Waals surface area contributed by atoms with Crippen LogP contribution in [0.25, 0.3) is 16.9 Å². The summed E-state index contributed by atoms with van der Waals surface area (Å²) in [6, 6.07) is 4.35. The highest BCUT2D eigenvalue weighted by Gasteiger charge is 2.34. The summed E-state index contributed by atoms with van der Waals surface area (Å²) in [5.74, 6) is -0.473. The molecule has 0 unspecified atom stereocenters. The van der Waals surface area contributed by atoms with Gasteiger partial charge in [-0.2, -0.15) is 0 Å². The lowest BCUT2D eigenvalue weighted by atomic mass is 10.1. The monoisotopic (exact) mass is 407 g/mol. The van der Waals surface area contributed by atoms with Crippen molar-refractivity contribution < 1.29 is 22.3 Å². The number of hydrogen-bond acceptors (Lipinski definition) is 6. The van der Waals surface area contributed by atoms with Gasteiger partial charge in [-0.05, 0) is 32.9 Å². The third-order valence-electron chi connectivity index (χ3n) is 4.46. The normalized spacial score (nSPS) is 12.4. The molecule has 3 aromatic rings. The first-order valence-corrected chi connectivity index (χ1v) is 9.92. The highest BCUT2D eigenvalue weighted by atomic mass is 32.2. The van der Waals surface area contributed by atoms with Gasteiger partial charge in [-0.15, -0.1) is 0 Å². The van der Waals surface area contributed by atoms with E-state index in [2.05, 4.69) is 4.98 Å². The second-order valence-electron chi connectivity index (χ2n) is 7.27. The molecule has 0 spiro atoms. The standard InChI is InChI=1S/C19H22FN3O4S/c1-19(2,3)28(24,25)16-10-23-14(9-22-17(23)8-15(16)26-4)11-6-12(20)18(27-5)13(21)7-11/h6-10H,21H2,1-5H3. The molecule has 9 heteroatoms. The number of nitrogen functional groups attached to an aromatic ring is 1. The molecule has 2 aromatic heterocycles. The van der Waals surface area contributed by atoms with E-state index in [4.69, 9.17) is 15.2 Å². The number of imidazole rings is 1. The van der Waals surface area contributed by atoms with Crippen LogP contribution in [0.1, 0.15) is 20.8 Å². The molecule has 0 atom stereocenters. The maximum absolute atomic E-state index is 14.3. The van der Waals surface area contributed by atoms with E-state index in [1.54, 1.807) is 31.2 Å². The number of nitrogens with two attached hydrogens (primary N) is 1. The maximum atomic E-state index is 14.3. The van der Waals surface area contributed by atoms with E-state index < -0.39 is 20.4 Å². The van der Waals surface area contributed by atoms with Crippen molar-refractivity contribution in [1.29, 1.82) is 0 Å². The largest absolute Gasteiger partial charge is 0.495 e. The fourth-order valence-corrected chi connectivity index (χ4v) is 4.18. The summed E-state index contributed by atoms with van der Waals surface area (Å²) < 4.78 is 51.1. The van der Waals surface area contributed by atoms with Crippen LogP contribution in [0.5, 0.6) is 11.5 Å². The van der Waals surface area contributed by atoms with Gasteiger partial charge in [0.1, 0.15) is 16.3 Å². The number of methoxy groups -OCH3 is 2. The van der Waals surface area contributed by atoms with Crippen molar-refractivity contribution in [3.63, 3.8) is 0 Å². The van der Waals surface area contributed by atoms with Crippen LogP contribution in [-0.4, -0.2) is 36.8 Å². The Balaban J connectivity index is 2.30. The van der Waals surface area contributed by atoms with Gasteiger partial charge in [-0.25, -0.2) is 17.8 Å². The molecule has 0 bridgehead atoms.